The van der Waals surface area contributed by atoms with E-state index in [1.807, 2.05) is 0 Å². The van der Waals surface area contributed by atoms with Crippen molar-refractivity contribution < 1.29 is 22.0 Å². The molecule has 0 spiro atoms. The molecule has 0 aliphatic rings. The summed E-state index contributed by atoms with van der Waals surface area (Å²) in [6, 6.07) is 10.4. The molecule has 25 heavy (non-hydrogen) atoms. The molecule has 0 fully saturated rings. The number of furan rings is 1. The van der Waals surface area contributed by atoms with Gasteiger partial charge in [-0.1, -0.05) is 12.1 Å². The molecule has 0 N–H and O–H groups in total. The summed E-state index contributed by atoms with van der Waals surface area (Å²) in [5.74, 6) is 0.774. The van der Waals surface area contributed by atoms with Gasteiger partial charge in [-0.05, 0) is 35.9 Å². The molecule has 0 amide bonds. The molecular formula is C18H11F3N2O2. The van der Waals surface area contributed by atoms with Crippen molar-refractivity contribution in [1.29, 1.82) is 0 Å². The van der Waals surface area contributed by atoms with Crippen molar-refractivity contribution >= 4 is 11.0 Å². The van der Waals surface area contributed by atoms with Gasteiger partial charge < -0.3 is 8.83 Å². The van der Waals surface area contributed by atoms with E-state index in [1.54, 1.807) is 31.2 Å². The number of hydrogen-bond acceptors (Lipinski definition) is 4. The van der Waals surface area contributed by atoms with Crippen LogP contribution in [0.5, 0.6) is 0 Å². The zero-order valence-corrected chi connectivity index (χ0v) is 13.0. The third-order valence-electron chi connectivity index (χ3n) is 3.85. The largest absolute Gasteiger partial charge is 0.464 e. The van der Waals surface area contributed by atoms with E-state index < -0.39 is 11.7 Å². The molecule has 0 aliphatic carbocycles. The quantitative estimate of drug-likeness (QED) is 0.483. The van der Waals surface area contributed by atoms with Gasteiger partial charge in [-0.2, -0.15) is 13.2 Å². The van der Waals surface area contributed by atoms with Crippen molar-refractivity contribution in [2.24, 2.45) is 0 Å². The van der Waals surface area contributed by atoms with E-state index in [0.29, 0.717) is 39.4 Å². The molecule has 0 radical (unpaired) electrons. The van der Waals surface area contributed by atoms with Gasteiger partial charge in [0.05, 0.1) is 11.8 Å². The number of nitrogens with zero attached hydrogens (tertiary/aromatic N) is 2. The van der Waals surface area contributed by atoms with Crippen LogP contribution in [0.4, 0.5) is 13.2 Å². The molecule has 0 saturated carbocycles. The number of halogens is 3. The fraction of sp³-hybridized carbons (Fsp3) is 0.111. The first-order chi connectivity index (χ1) is 11.9. The lowest BCUT2D eigenvalue weighted by atomic mass is 10.0. The summed E-state index contributed by atoms with van der Waals surface area (Å²) >= 11 is 0. The van der Waals surface area contributed by atoms with Crippen LogP contribution in [-0.2, 0) is 6.18 Å². The summed E-state index contributed by atoms with van der Waals surface area (Å²) in [4.78, 5) is 0. The van der Waals surface area contributed by atoms with Crippen LogP contribution in [0.2, 0.25) is 0 Å². The molecule has 7 heteroatoms. The average Bonchev–Trinajstić information content (AvgIpc) is 3.19. The molecule has 4 nitrogen and oxygen atoms in total. The van der Waals surface area contributed by atoms with Crippen molar-refractivity contribution in [3.8, 4) is 22.6 Å². The van der Waals surface area contributed by atoms with Crippen LogP contribution in [0.3, 0.4) is 0 Å². The van der Waals surface area contributed by atoms with Crippen LogP contribution in [0.15, 0.2) is 57.6 Å². The lowest BCUT2D eigenvalue weighted by Crippen LogP contribution is -2.04. The van der Waals surface area contributed by atoms with Gasteiger partial charge >= 0.3 is 6.18 Å². The van der Waals surface area contributed by atoms with Crippen molar-refractivity contribution in [2.45, 2.75) is 13.1 Å². The highest BCUT2D eigenvalue weighted by molar-refractivity contribution is 5.96. The Morgan fingerprint density at radius 1 is 0.960 bits per heavy atom. The number of hydrogen-bond donors (Lipinski definition) is 0. The molecule has 2 aromatic heterocycles. The van der Waals surface area contributed by atoms with Gasteiger partial charge in [0.1, 0.15) is 5.58 Å². The maximum atomic E-state index is 13.0. The Hall–Kier alpha value is -3.09. The monoisotopic (exact) mass is 344 g/mol. The smallest absolute Gasteiger partial charge is 0.416 e. The number of alkyl halides is 3. The molecule has 2 aromatic carbocycles. The van der Waals surface area contributed by atoms with E-state index in [2.05, 4.69) is 10.2 Å². The van der Waals surface area contributed by atoms with Crippen LogP contribution < -0.4 is 0 Å². The van der Waals surface area contributed by atoms with Crippen LogP contribution in [0.25, 0.3) is 33.6 Å². The summed E-state index contributed by atoms with van der Waals surface area (Å²) in [6.45, 7) is 1.68. The highest BCUT2D eigenvalue weighted by Gasteiger charge is 2.30. The van der Waals surface area contributed by atoms with Gasteiger partial charge in [0.2, 0.25) is 11.8 Å². The average molecular weight is 344 g/mol. The SMILES string of the molecule is Cc1nnc(-c2ccc3occ(-c4cccc(C(F)(F)F)c4)c3c2)o1. The highest BCUT2D eigenvalue weighted by Crippen LogP contribution is 2.36. The fourth-order valence-corrected chi connectivity index (χ4v) is 2.66. The van der Waals surface area contributed by atoms with E-state index in [4.69, 9.17) is 8.83 Å². The predicted octanol–water partition coefficient (Wildman–Crippen LogP) is 5.48. The van der Waals surface area contributed by atoms with Crippen molar-refractivity contribution in [2.75, 3.05) is 0 Å². The summed E-state index contributed by atoms with van der Waals surface area (Å²) in [6.07, 6.45) is -2.95. The van der Waals surface area contributed by atoms with Crippen molar-refractivity contribution in [3.63, 3.8) is 0 Å². The predicted molar refractivity (Wildman–Crippen MR) is 84.7 cm³/mol. The van der Waals surface area contributed by atoms with Gasteiger partial charge in [-0.25, -0.2) is 0 Å². The summed E-state index contributed by atoms with van der Waals surface area (Å²) in [5, 5.41) is 8.42. The first kappa shape index (κ1) is 15.4. The van der Waals surface area contributed by atoms with E-state index in [1.165, 1.54) is 12.3 Å². The number of aromatic nitrogens is 2. The lowest BCUT2D eigenvalue weighted by Gasteiger charge is -2.08. The molecule has 4 rings (SSSR count). The minimum Gasteiger partial charge on any atom is -0.464 e. The topological polar surface area (TPSA) is 52.1 Å². The number of fused-ring (bicyclic) bond motifs is 1. The van der Waals surface area contributed by atoms with Crippen molar-refractivity contribution in [1.82, 2.24) is 10.2 Å². The molecule has 2 heterocycles. The van der Waals surface area contributed by atoms with Crippen molar-refractivity contribution in [3.05, 3.63) is 60.2 Å². The van der Waals surface area contributed by atoms with Gasteiger partial charge in [0.15, 0.2) is 0 Å². The van der Waals surface area contributed by atoms with Crippen LogP contribution in [-0.4, -0.2) is 10.2 Å². The maximum Gasteiger partial charge on any atom is 0.416 e. The van der Waals surface area contributed by atoms with E-state index in [9.17, 15) is 13.2 Å². The zero-order chi connectivity index (χ0) is 17.6. The summed E-state index contributed by atoms with van der Waals surface area (Å²) in [7, 11) is 0. The molecule has 0 atom stereocenters. The Morgan fingerprint density at radius 3 is 2.52 bits per heavy atom. The van der Waals surface area contributed by atoms with Gasteiger partial charge in [-0.15, -0.1) is 10.2 Å². The van der Waals surface area contributed by atoms with Crippen LogP contribution in [0, 0.1) is 6.92 Å². The number of benzene rings is 2. The Kier molecular flexibility index (Phi) is 3.38. The minimum atomic E-state index is -4.40. The Labute approximate surface area is 139 Å². The Morgan fingerprint density at radius 2 is 1.80 bits per heavy atom. The number of rotatable bonds is 2. The normalized spacial score (nSPS) is 12.0. The third-order valence-corrected chi connectivity index (χ3v) is 3.85. The third kappa shape index (κ3) is 2.77. The lowest BCUT2D eigenvalue weighted by molar-refractivity contribution is -0.137. The van der Waals surface area contributed by atoms with Gasteiger partial charge in [0.25, 0.3) is 0 Å². The molecule has 0 aliphatic heterocycles. The standard InChI is InChI=1S/C18H11F3N2O2/c1-10-22-23-17(25-10)12-5-6-16-14(8-12)15(9-24-16)11-3-2-4-13(7-11)18(19,20)21/h2-9H,1H3. The fourth-order valence-electron chi connectivity index (χ4n) is 2.66. The summed E-state index contributed by atoms with van der Waals surface area (Å²) < 4.78 is 49.8. The second-order valence-electron chi connectivity index (χ2n) is 5.57. The van der Waals surface area contributed by atoms with Crippen LogP contribution in [0.1, 0.15) is 11.5 Å². The Bertz CT molecular complexity index is 1060. The van der Waals surface area contributed by atoms with E-state index in [0.717, 1.165) is 12.1 Å². The maximum absolute atomic E-state index is 13.0. The molecule has 0 unspecified atom stereocenters. The second-order valence-corrected chi connectivity index (χ2v) is 5.57. The zero-order valence-electron chi connectivity index (χ0n) is 13.0. The molecule has 126 valence electrons. The second kappa shape index (κ2) is 5.47. The van der Waals surface area contributed by atoms with E-state index >= 15 is 0 Å². The minimum absolute atomic E-state index is 0.343. The molecular weight excluding hydrogens is 333 g/mol. The summed E-state index contributed by atoms with van der Waals surface area (Å²) in [5.41, 5.74) is 1.52. The highest BCUT2D eigenvalue weighted by atomic mass is 19.4. The van der Waals surface area contributed by atoms with Gasteiger partial charge in [0, 0.05) is 23.4 Å². The molecule has 4 aromatic rings. The Balaban J connectivity index is 1.85. The molecule has 0 bridgehead atoms. The number of aryl methyl sites for hydroxylation is 1. The molecule has 0 saturated heterocycles. The first-order valence-corrected chi connectivity index (χ1v) is 7.41. The van der Waals surface area contributed by atoms with E-state index in [-0.39, 0.29) is 0 Å². The van der Waals surface area contributed by atoms with Gasteiger partial charge in [-0.3, -0.25) is 0 Å². The van der Waals surface area contributed by atoms with Crippen LogP contribution >= 0.6 is 0 Å². The first-order valence-electron chi connectivity index (χ1n) is 7.41.